The number of aromatic nitrogens is 1. The topological polar surface area (TPSA) is 44.6 Å². The molecule has 2 rings (SSSR count). The molecule has 2 N–H and O–H groups in total. The Labute approximate surface area is 157 Å². The number of hydrogen-bond acceptors (Lipinski definition) is 2. The van der Waals surface area contributed by atoms with Gasteiger partial charge in [-0.05, 0) is 23.8 Å². The number of hydrogen-bond donors (Lipinski definition) is 2. The number of nitrogens with one attached hydrogen (secondary N) is 2. The highest BCUT2D eigenvalue weighted by Crippen LogP contribution is 2.24. The van der Waals surface area contributed by atoms with E-state index in [0.29, 0.717) is 34.9 Å². The molecule has 0 aliphatic rings. The smallest absolute Gasteiger partial charge is 0.191 e. The zero-order valence-corrected chi connectivity index (χ0v) is 16.2. The van der Waals surface area contributed by atoms with E-state index in [2.05, 4.69) is 15.6 Å². The van der Waals surface area contributed by atoms with Crippen LogP contribution in [-0.2, 0) is 20.1 Å². The molecule has 1 aromatic carbocycles. The van der Waals surface area contributed by atoms with Gasteiger partial charge in [0.15, 0.2) is 5.96 Å². The fraction of sp³-hybridized carbons (Fsp3) is 0.353. The highest BCUT2D eigenvalue weighted by atomic mass is 35.5. The van der Waals surface area contributed by atoms with E-state index < -0.39 is 0 Å². The molecule has 8 heteroatoms. The zero-order chi connectivity index (χ0) is 18.6. The summed E-state index contributed by atoms with van der Waals surface area (Å²) in [5.74, 6) is 0.353. The summed E-state index contributed by atoms with van der Waals surface area (Å²) < 4.78 is 15.8. The minimum Gasteiger partial charge on any atom is -0.375 e. The molecule has 2 aromatic rings. The Morgan fingerprint density at radius 3 is 2.40 bits per heavy atom. The van der Waals surface area contributed by atoms with Crippen molar-refractivity contribution < 1.29 is 4.39 Å². The summed E-state index contributed by atoms with van der Waals surface area (Å²) in [7, 11) is 7.14. The van der Waals surface area contributed by atoms with Gasteiger partial charge in [-0.1, -0.05) is 29.3 Å². The lowest BCUT2D eigenvalue weighted by Gasteiger charge is -2.15. The predicted molar refractivity (Wildman–Crippen MR) is 103 cm³/mol. The van der Waals surface area contributed by atoms with Crippen LogP contribution < -0.4 is 15.5 Å². The van der Waals surface area contributed by atoms with Gasteiger partial charge in [-0.25, -0.2) is 4.39 Å². The fourth-order valence-corrected chi connectivity index (χ4v) is 2.78. The van der Waals surface area contributed by atoms with Gasteiger partial charge >= 0.3 is 0 Å². The first-order valence-corrected chi connectivity index (χ1v) is 8.49. The molecule has 0 aliphatic carbocycles. The highest BCUT2D eigenvalue weighted by Gasteiger charge is 2.10. The van der Waals surface area contributed by atoms with Gasteiger partial charge in [-0.2, -0.15) is 0 Å². The maximum absolute atomic E-state index is 14.0. The first kappa shape index (κ1) is 19.4. The first-order valence-electron chi connectivity index (χ1n) is 7.73. The molecule has 0 spiro atoms. The third-order valence-electron chi connectivity index (χ3n) is 3.83. The van der Waals surface area contributed by atoms with Gasteiger partial charge in [-0.15, -0.1) is 0 Å². The van der Waals surface area contributed by atoms with Gasteiger partial charge in [0.1, 0.15) is 11.0 Å². The van der Waals surface area contributed by atoms with Gasteiger partial charge in [-0.3, -0.25) is 4.99 Å². The maximum atomic E-state index is 14.0. The molecule has 0 unspecified atom stereocenters. The number of rotatable bonds is 5. The number of benzene rings is 1. The van der Waals surface area contributed by atoms with Crippen molar-refractivity contribution in [2.24, 2.45) is 12.0 Å². The van der Waals surface area contributed by atoms with Crippen molar-refractivity contribution in [2.45, 2.75) is 13.1 Å². The Kier molecular flexibility index (Phi) is 6.56. The normalized spacial score (nSPS) is 11.6. The van der Waals surface area contributed by atoms with Crippen LogP contribution in [0.4, 0.5) is 10.1 Å². The van der Waals surface area contributed by atoms with E-state index in [1.54, 1.807) is 28.6 Å². The predicted octanol–water partition coefficient (Wildman–Crippen LogP) is 3.40. The lowest BCUT2D eigenvalue weighted by atomic mass is 10.2. The van der Waals surface area contributed by atoms with Gasteiger partial charge in [0.25, 0.3) is 0 Å². The van der Waals surface area contributed by atoms with Crippen molar-refractivity contribution in [1.29, 1.82) is 0 Å². The fourth-order valence-electron chi connectivity index (χ4n) is 2.36. The maximum Gasteiger partial charge on any atom is 0.191 e. The van der Waals surface area contributed by atoms with Crippen LogP contribution in [0.1, 0.15) is 11.3 Å². The van der Waals surface area contributed by atoms with Gasteiger partial charge in [0, 0.05) is 40.4 Å². The molecule has 0 atom stereocenters. The van der Waals surface area contributed by atoms with Crippen LogP contribution in [0.25, 0.3) is 0 Å². The lowest BCUT2D eigenvalue weighted by molar-refractivity contribution is 0.623. The van der Waals surface area contributed by atoms with Crippen LogP contribution in [-0.4, -0.2) is 31.7 Å². The Hall–Kier alpha value is -1.92. The van der Waals surface area contributed by atoms with E-state index >= 15 is 0 Å². The summed E-state index contributed by atoms with van der Waals surface area (Å²) in [5.41, 5.74) is 2.32. The Morgan fingerprint density at radius 2 is 1.88 bits per heavy atom. The van der Waals surface area contributed by atoms with Gasteiger partial charge in [0.05, 0.1) is 17.3 Å². The molecule has 5 nitrogen and oxygen atoms in total. The summed E-state index contributed by atoms with van der Waals surface area (Å²) in [6.45, 7) is 0.968. The lowest BCUT2D eigenvalue weighted by Crippen LogP contribution is -2.36. The van der Waals surface area contributed by atoms with E-state index in [0.717, 1.165) is 11.3 Å². The summed E-state index contributed by atoms with van der Waals surface area (Å²) in [6.07, 6.45) is 0. The molecule has 25 heavy (non-hydrogen) atoms. The molecule has 1 heterocycles. The zero-order valence-electron chi connectivity index (χ0n) is 14.7. The van der Waals surface area contributed by atoms with Crippen molar-refractivity contribution in [3.05, 3.63) is 51.5 Å². The molecule has 0 bridgehead atoms. The molecular formula is C17H22Cl2FN5. The third kappa shape index (κ3) is 4.80. The molecular weight excluding hydrogens is 364 g/mol. The van der Waals surface area contributed by atoms with Crippen LogP contribution in [0.15, 0.2) is 29.3 Å². The number of nitrogens with zero attached hydrogens (tertiary/aromatic N) is 3. The Morgan fingerprint density at radius 1 is 1.20 bits per heavy atom. The molecule has 0 saturated heterocycles. The number of anilines is 1. The summed E-state index contributed by atoms with van der Waals surface area (Å²) in [5, 5.41) is 7.35. The quantitative estimate of drug-likeness (QED) is 0.612. The second-order valence-electron chi connectivity index (χ2n) is 5.79. The van der Waals surface area contributed by atoms with Gasteiger partial charge < -0.3 is 20.1 Å². The van der Waals surface area contributed by atoms with Crippen molar-refractivity contribution in [3.8, 4) is 0 Å². The molecule has 0 aliphatic heterocycles. The molecule has 0 amide bonds. The van der Waals surface area contributed by atoms with E-state index in [1.807, 2.05) is 27.2 Å². The van der Waals surface area contributed by atoms with Crippen LogP contribution in [0.5, 0.6) is 0 Å². The Bertz CT molecular complexity index is 771. The second-order valence-corrected chi connectivity index (χ2v) is 6.56. The SMILES string of the molecule is CN=C(NCc1ccc(N(C)C)c(F)c1)NCc1cc(Cl)c(Cl)n1C. The number of aliphatic imine (C=N–C) groups is 1. The second kappa shape index (κ2) is 8.45. The van der Waals surface area contributed by atoms with Crippen LogP contribution >= 0.6 is 23.2 Å². The Balaban J connectivity index is 1.94. The molecule has 0 saturated carbocycles. The van der Waals surface area contributed by atoms with Crippen LogP contribution in [0.2, 0.25) is 10.2 Å². The standard InChI is InChI=1S/C17H22Cl2FN5/c1-21-17(23-10-12-8-13(18)16(19)25(12)4)22-9-11-5-6-15(24(2)3)14(20)7-11/h5-8H,9-10H2,1-4H3,(H2,21,22,23). The number of guanidine groups is 1. The third-order valence-corrected chi connectivity index (χ3v) is 4.67. The van der Waals surface area contributed by atoms with Crippen molar-refractivity contribution >= 4 is 34.8 Å². The first-order chi connectivity index (χ1) is 11.8. The summed E-state index contributed by atoms with van der Waals surface area (Å²) >= 11 is 12.1. The minimum absolute atomic E-state index is 0.250. The molecule has 136 valence electrons. The summed E-state index contributed by atoms with van der Waals surface area (Å²) in [4.78, 5) is 5.90. The molecule has 0 fully saturated rings. The van der Waals surface area contributed by atoms with Crippen molar-refractivity contribution in [1.82, 2.24) is 15.2 Å². The van der Waals surface area contributed by atoms with E-state index in [4.69, 9.17) is 23.2 Å². The molecule has 0 radical (unpaired) electrons. The van der Waals surface area contributed by atoms with Gasteiger partial charge in [0.2, 0.25) is 0 Å². The monoisotopic (exact) mass is 385 g/mol. The van der Waals surface area contributed by atoms with E-state index in [-0.39, 0.29) is 5.82 Å². The van der Waals surface area contributed by atoms with Crippen molar-refractivity contribution in [2.75, 3.05) is 26.0 Å². The summed E-state index contributed by atoms with van der Waals surface area (Å²) in [6, 6.07) is 6.97. The van der Waals surface area contributed by atoms with Crippen LogP contribution in [0, 0.1) is 5.82 Å². The largest absolute Gasteiger partial charge is 0.375 e. The van der Waals surface area contributed by atoms with Crippen molar-refractivity contribution in [3.63, 3.8) is 0 Å². The highest BCUT2D eigenvalue weighted by molar-refractivity contribution is 6.41. The average molecular weight is 386 g/mol. The number of halogens is 3. The average Bonchev–Trinajstić information content (AvgIpc) is 2.82. The van der Waals surface area contributed by atoms with E-state index in [1.165, 1.54) is 6.07 Å². The minimum atomic E-state index is -0.250. The van der Waals surface area contributed by atoms with Crippen LogP contribution in [0.3, 0.4) is 0 Å². The van der Waals surface area contributed by atoms with E-state index in [9.17, 15) is 4.39 Å². The molecule has 1 aromatic heterocycles.